The van der Waals surface area contributed by atoms with Gasteiger partial charge in [0, 0.05) is 5.57 Å². The molecule has 0 aromatic rings. The SMILES string of the molecule is C1=COCO1.CC=C(C)C(=O)O. The average molecular weight is 172 g/mol. The van der Waals surface area contributed by atoms with Gasteiger partial charge in [-0.2, -0.15) is 0 Å². The minimum atomic E-state index is -0.845. The quantitative estimate of drug-likeness (QED) is 0.609. The van der Waals surface area contributed by atoms with E-state index in [-0.39, 0.29) is 0 Å². The smallest absolute Gasteiger partial charge is 0.330 e. The largest absolute Gasteiger partial charge is 0.478 e. The molecule has 4 heteroatoms. The van der Waals surface area contributed by atoms with Crippen molar-refractivity contribution in [2.24, 2.45) is 0 Å². The number of hydrogen-bond acceptors (Lipinski definition) is 3. The number of rotatable bonds is 1. The molecule has 0 aromatic heterocycles. The average Bonchev–Trinajstić information content (AvgIpc) is 2.59. The van der Waals surface area contributed by atoms with Crippen LogP contribution >= 0.6 is 0 Å². The van der Waals surface area contributed by atoms with Crippen LogP contribution in [-0.2, 0) is 14.3 Å². The van der Waals surface area contributed by atoms with Gasteiger partial charge in [0.15, 0.2) is 0 Å². The van der Waals surface area contributed by atoms with Crippen molar-refractivity contribution in [1.82, 2.24) is 0 Å². The van der Waals surface area contributed by atoms with E-state index in [0.29, 0.717) is 12.4 Å². The summed E-state index contributed by atoms with van der Waals surface area (Å²) in [6.45, 7) is 3.64. The molecule has 0 bridgehead atoms. The maximum Gasteiger partial charge on any atom is 0.330 e. The second-order valence-electron chi connectivity index (χ2n) is 2.00. The molecule has 68 valence electrons. The second-order valence-corrected chi connectivity index (χ2v) is 2.00. The Morgan fingerprint density at radius 1 is 1.50 bits per heavy atom. The number of allylic oxidation sites excluding steroid dienone is 1. The molecule has 12 heavy (non-hydrogen) atoms. The van der Waals surface area contributed by atoms with Gasteiger partial charge in [0.1, 0.15) is 12.5 Å². The zero-order valence-corrected chi connectivity index (χ0v) is 7.11. The third-order valence-electron chi connectivity index (χ3n) is 1.15. The highest BCUT2D eigenvalue weighted by Crippen LogP contribution is 1.88. The summed E-state index contributed by atoms with van der Waals surface area (Å²) in [5, 5.41) is 8.11. The lowest BCUT2D eigenvalue weighted by molar-refractivity contribution is -0.132. The number of carboxylic acids is 1. The van der Waals surface area contributed by atoms with E-state index in [0.717, 1.165) is 0 Å². The van der Waals surface area contributed by atoms with E-state index in [1.54, 1.807) is 19.9 Å². The molecule has 0 spiro atoms. The fraction of sp³-hybridized carbons (Fsp3) is 0.375. The van der Waals surface area contributed by atoms with Crippen LogP contribution in [0.5, 0.6) is 0 Å². The monoisotopic (exact) mass is 172 g/mol. The van der Waals surface area contributed by atoms with Crippen LogP contribution in [0.2, 0.25) is 0 Å². The Kier molecular flexibility index (Phi) is 5.51. The van der Waals surface area contributed by atoms with E-state index >= 15 is 0 Å². The van der Waals surface area contributed by atoms with Crippen LogP contribution in [0.3, 0.4) is 0 Å². The molecule has 0 saturated heterocycles. The van der Waals surface area contributed by atoms with E-state index in [4.69, 9.17) is 5.11 Å². The summed E-state index contributed by atoms with van der Waals surface area (Å²) < 4.78 is 9.08. The van der Waals surface area contributed by atoms with E-state index < -0.39 is 5.97 Å². The summed E-state index contributed by atoms with van der Waals surface area (Å²) in [6, 6.07) is 0. The molecule has 1 rings (SSSR count). The summed E-state index contributed by atoms with van der Waals surface area (Å²) in [7, 11) is 0. The van der Waals surface area contributed by atoms with Crippen LogP contribution in [0.1, 0.15) is 13.8 Å². The molecule has 0 unspecified atom stereocenters. The number of aliphatic carboxylic acids is 1. The first kappa shape index (κ1) is 10.6. The summed E-state index contributed by atoms with van der Waals surface area (Å²) in [6.07, 6.45) is 4.59. The van der Waals surface area contributed by atoms with E-state index in [1.807, 2.05) is 0 Å². The minimum Gasteiger partial charge on any atom is -0.478 e. The minimum absolute atomic E-state index is 0.389. The molecule has 0 aromatic carbocycles. The predicted octanol–water partition coefficient (Wildman–Crippen LogP) is 1.50. The van der Waals surface area contributed by atoms with Crippen LogP contribution in [-0.4, -0.2) is 17.9 Å². The van der Waals surface area contributed by atoms with Gasteiger partial charge in [-0.05, 0) is 13.8 Å². The van der Waals surface area contributed by atoms with Crippen molar-refractivity contribution in [1.29, 1.82) is 0 Å². The van der Waals surface area contributed by atoms with E-state index in [2.05, 4.69) is 9.47 Å². The lowest BCUT2D eigenvalue weighted by Gasteiger charge is -1.84. The number of hydrogen-bond donors (Lipinski definition) is 1. The lowest BCUT2D eigenvalue weighted by Crippen LogP contribution is -1.93. The molecule has 0 amide bonds. The van der Waals surface area contributed by atoms with Crippen molar-refractivity contribution < 1.29 is 19.4 Å². The summed E-state index contributed by atoms with van der Waals surface area (Å²) in [5.74, 6) is -0.845. The van der Waals surface area contributed by atoms with Gasteiger partial charge in [-0.3, -0.25) is 0 Å². The summed E-state index contributed by atoms with van der Waals surface area (Å²) >= 11 is 0. The molecule has 0 radical (unpaired) electrons. The fourth-order valence-electron chi connectivity index (χ4n) is 0.320. The highest BCUT2D eigenvalue weighted by Gasteiger charge is 1.93. The van der Waals surface area contributed by atoms with E-state index in [9.17, 15) is 4.79 Å². The van der Waals surface area contributed by atoms with E-state index in [1.165, 1.54) is 12.5 Å². The molecule has 0 aliphatic carbocycles. The molecule has 0 atom stereocenters. The van der Waals surface area contributed by atoms with Gasteiger partial charge in [0.05, 0.1) is 0 Å². The fourth-order valence-corrected chi connectivity index (χ4v) is 0.320. The Bertz CT molecular complexity index is 187. The lowest BCUT2D eigenvalue weighted by atomic mass is 10.3. The topological polar surface area (TPSA) is 55.8 Å². The first-order valence-electron chi connectivity index (χ1n) is 3.43. The third kappa shape index (κ3) is 5.34. The Morgan fingerprint density at radius 3 is 2.08 bits per heavy atom. The molecule has 0 saturated carbocycles. The van der Waals surface area contributed by atoms with Crippen LogP contribution < -0.4 is 0 Å². The molecule has 1 aliphatic rings. The van der Waals surface area contributed by atoms with Gasteiger partial charge in [-0.15, -0.1) is 0 Å². The Hall–Kier alpha value is -1.45. The molecule has 1 aliphatic heterocycles. The molecular formula is C8H12O4. The Morgan fingerprint density at radius 2 is 2.00 bits per heavy atom. The molecule has 0 fully saturated rings. The highest BCUT2D eigenvalue weighted by atomic mass is 16.7. The van der Waals surface area contributed by atoms with Crippen LogP contribution in [0.15, 0.2) is 24.2 Å². The van der Waals surface area contributed by atoms with Gasteiger partial charge >= 0.3 is 5.97 Å². The van der Waals surface area contributed by atoms with Crippen molar-refractivity contribution in [2.45, 2.75) is 13.8 Å². The molecule has 1 N–H and O–H groups in total. The zero-order chi connectivity index (χ0) is 9.40. The molecular weight excluding hydrogens is 160 g/mol. The van der Waals surface area contributed by atoms with Crippen molar-refractivity contribution in [3.05, 3.63) is 24.2 Å². The van der Waals surface area contributed by atoms with Crippen LogP contribution in [0.4, 0.5) is 0 Å². The van der Waals surface area contributed by atoms with Crippen LogP contribution in [0, 0.1) is 0 Å². The predicted molar refractivity (Wildman–Crippen MR) is 43.2 cm³/mol. The standard InChI is InChI=1S/C5H8O2.C3H4O2/c1-3-4(2)5(6)7;1-2-5-3-4-1/h3H,1-2H3,(H,6,7);1-2H,3H2. The number of carbonyl (C=O) groups is 1. The highest BCUT2D eigenvalue weighted by molar-refractivity contribution is 5.85. The Balaban J connectivity index is 0.000000211. The number of carboxylic acid groups (broad SMARTS) is 1. The second kappa shape index (κ2) is 6.27. The number of ether oxygens (including phenoxy) is 2. The molecule has 4 nitrogen and oxygen atoms in total. The van der Waals surface area contributed by atoms with Crippen molar-refractivity contribution >= 4 is 5.97 Å². The maximum absolute atomic E-state index is 9.86. The van der Waals surface area contributed by atoms with Gasteiger partial charge in [0.2, 0.25) is 6.79 Å². The normalized spacial score (nSPS) is 14.0. The van der Waals surface area contributed by atoms with Crippen molar-refractivity contribution in [2.75, 3.05) is 6.79 Å². The Labute approximate surface area is 71.1 Å². The van der Waals surface area contributed by atoms with Gasteiger partial charge in [-0.25, -0.2) is 4.79 Å². The first-order chi connectivity index (χ1) is 5.68. The van der Waals surface area contributed by atoms with Gasteiger partial charge in [0.25, 0.3) is 0 Å². The third-order valence-corrected chi connectivity index (χ3v) is 1.15. The van der Waals surface area contributed by atoms with Crippen molar-refractivity contribution in [3.63, 3.8) is 0 Å². The zero-order valence-electron chi connectivity index (χ0n) is 7.11. The first-order valence-corrected chi connectivity index (χ1v) is 3.43. The van der Waals surface area contributed by atoms with Crippen LogP contribution in [0.25, 0.3) is 0 Å². The van der Waals surface area contributed by atoms with Crippen molar-refractivity contribution in [3.8, 4) is 0 Å². The van der Waals surface area contributed by atoms with Gasteiger partial charge < -0.3 is 14.6 Å². The summed E-state index contributed by atoms with van der Waals surface area (Å²) in [4.78, 5) is 9.86. The maximum atomic E-state index is 9.86. The van der Waals surface area contributed by atoms with Gasteiger partial charge in [-0.1, -0.05) is 6.08 Å². The summed E-state index contributed by atoms with van der Waals surface area (Å²) in [5.41, 5.74) is 0.389. The molecule has 1 heterocycles.